The fourth-order valence-electron chi connectivity index (χ4n) is 1.93. The Bertz CT molecular complexity index is 830. The van der Waals surface area contributed by atoms with Crippen molar-refractivity contribution >= 4 is 29.2 Å². The molecular weight excluding hydrogens is 346 g/mol. The van der Waals surface area contributed by atoms with Gasteiger partial charge in [-0.05, 0) is 25.1 Å². The molecule has 0 atom stereocenters. The molecule has 2 amide bonds. The summed E-state index contributed by atoms with van der Waals surface area (Å²) in [4.78, 5) is 45.1. The lowest BCUT2D eigenvalue weighted by Crippen LogP contribution is -2.32. The Labute approximate surface area is 147 Å². The number of benzene rings is 1. The number of aryl methyl sites for hydroxylation is 1. The molecule has 136 valence electrons. The van der Waals surface area contributed by atoms with Gasteiger partial charge in [-0.3, -0.25) is 24.5 Å². The smallest absolute Gasteiger partial charge is 0.325 e. The van der Waals surface area contributed by atoms with Crippen LogP contribution in [0.1, 0.15) is 16.1 Å². The molecular formula is C16H15N3O7. The van der Waals surface area contributed by atoms with Crippen LogP contribution in [0.4, 0.5) is 11.4 Å². The molecule has 10 nitrogen and oxygen atoms in total. The van der Waals surface area contributed by atoms with Crippen molar-refractivity contribution in [2.45, 2.75) is 6.92 Å². The predicted octanol–water partition coefficient (Wildman–Crippen LogP) is 1.41. The van der Waals surface area contributed by atoms with Crippen molar-refractivity contribution in [2.24, 2.45) is 0 Å². The second-order valence-electron chi connectivity index (χ2n) is 5.13. The van der Waals surface area contributed by atoms with E-state index < -0.39 is 35.9 Å². The maximum atomic E-state index is 11.7. The molecule has 0 bridgehead atoms. The normalized spacial score (nSPS) is 10.0. The van der Waals surface area contributed by atoms with Crippen LogP contribution in [0, 0.1) is 17.0 Å². The van der Waals surface area contributed by atoms with Crippen LogP contribution in [0.3, 0.4) is 0 Å². The highest BCUT2D eigenvalue weighted by atomic mass is 16.6. The molecule has 0 saturated heterocycles. The van der Waals surface area contributed by atoms with E-state index in [4.69, 9.17) is 9.15 Å². The summed E-state index contributed by atoms with van der Waals surface area (Å²) in [5.41, 5.74) is 0.515. The van der Waals surface area contributed by atoms with E-state index in [-0.39, 0.29) is 17.1 Å². The fraction of sp³-hybridized carbons (Fsp3) is 0.188. The number of rotatable bonds is 7. The van der Waals surface area contributed by atoms with Gasteiger partial charge in [-0.1, -0.05) is 6.07 Å². The zero-order valence-electron chi connectivity index (χ0n) is 13.7. The Kier molecular flexibility index (Phi) is 6.04. The maximum Gasteiger partial charge on any atom is 0.325 e. The van der Waals surface area contributed by atoms with Gasteiger partial charge >= 0.3 is 5.97 Å². The monoisotopic (exact) mass is 361 g/mol. The van der Waals surface area contributed by atoms with Gasteiger partial charge < -0.3 is 19.8 Å². The highest BCUT2D eigenvalue weighted by Gasteiger charge is 2.14. The molecule has 0 fully saturated rings. The third-order valence-corrected chi connectivity index (χ3v) is 3.19. The van der Waals surface area contributed by atoms with Crippen LogP contribution in [0.2, 0.25) is 0 Å². The van der Waals surface area contributed by atoms with E-state index in [0.717, 1.165) is 0 Å². The first-order valence-corrected chi connectivity index (χ1v) is 7.39. The maximum absolute atomic E-state index is 11.7. The number of ether oxygens (including phenoxy) is 1. The SMILES string of the molecule is Cc1ccc(NC(=O)COC(=O)CNC(=O)c2ccco2)cc1[N+](=O)[O-]. The Morgan fingerprint density at radius 2 is 2.04 bits per heavy atom. The lowest BCUT2D eigenvalue weighted by atomic mass is 10.2. The van der Waals surface area contributed by atoms with Crippen molar-refractivity contribution in [1.82, 2.24) is 5.32 Å². The summed E-state index contributed by atoms with van der Waals surface area (Å²) in [6, 6.07) is 7.13. The van der Waals surface area contributed by atoms with Gasteiger partial charge in [0.25, 0.3) is 17.5 Å². The number of amides is 2. The lowest BCUT2D eigenvalue weighted by molar-refractivity contribution is -0.385. The van der Waals surface area contributed by atoms with E-state index in [1.54, 1.807) is 6.92 Å². The summed E-state index contributed by atoms with van der Waals surface area (Å²) in [6.07, 6.45) is 1.31. The molecule has 1 aromatic carbocycles. The van der Waals surface area contributed by atoms with Crippen molar-refractivity contribution < 1.29 is 28.5 Å². The van der Waals surface area contributed by atoms with Crippen LogP contribution >= 0.6 is 0 Å². The Morgan fingerprint density at radius 3 is 2.69 bits per heavy atom. The molecule has 0 radical (unpaired) electrons. The number of nitrogens with zero attached hydrogens (tertiary/aromatic N) is 1. The van der Waals surface area contributed by atoms with Gasteiger partial charge in [0.15, 0.2) is 12.4 Å². The average Bonchev–Trinajstić information content (AvgIpc) is 3.14. The van der Waals surface area contributed by atoms with Gasteiger partial charge in [0, 0.05) is 17.3 Å². The number of anilines is 1. The molecule has 0 saturated carbocycles. The average molecular weight is 361 g/mol. The number of esters is 1. The molecule has 26 heavy (non-hydrogen) atoms. The van der Waals surface area contributed by atoms with Crippen molar-refractivity contribution in [2.75, 3.05) is 18.5 Å². The Hall–Kier alpha value is -3.69. The summed E-state index contributed by atoms with van der Waals surface area (Å²) < 4.78 is 9.57. The van der Waals surface area contributed by atoms with E-state index >= 15 is 0 Å². The zero-order valence-corrected chi connectivity index (χ0v) is 13.7. The second kappa shape index (κ2) is 8.42. The molecule has 2 rings (SSSR count). The number of furan rings is 1. The molecule has 1 aromatic heterocycles. The highest BCUT2D eigenvalue weighted by molar-refractivity contribution is 5.95. The number of carbonyl (C=O) groups excluding carboxylic acids is 3. The number of hydrogen-bond acceptors (Lipinski definition) is 7. The van der Waals surface area contributed by atoms with Crippen LogP contribution in [0.5, 0.6) is 0 Å². The van der Waals surface area contributed by atoms with Gasteiger partial charge in [-0.25, -0.2) is 0 Å². The summed E-state index contributed by atoms with van der Waals surface area (Å²) in [5, 5.41) is 15.5. The van der Waals surface area contributed by atoms with Gasteiger partial charge in [-0.15, -0.1) is 0 Å². The van der Waals surface area contributed by atoms with E-state index in [0.29, 0.717) is 5.56 Å². The number of nitro benzene ring substituents is 1. The second-order valence-corrected chi connectivity index (χ2v) is 5.13. The van der Waals surface area contributed by atoms with Gasteiger partial charge in [0.2, 0.25) is 0 Å². The Morgan fingerprint density at radius 1 is 1.27 bits per heavy atom. The quantitative estimate of drug-likeness (QED) is 0.431. The van der Waals surface area contributed by atoms with Crippen LogP contribution in [0.25, 0.3) is 0 Å². The zero-order chi connectivity index (χ0) is 19.1. The number of nitro groups is 1. The van der Waals surface area contributed by atoms with E-state index in [1.807, 2.05) is 0 Å². The van der Waals surface area contributed by atoms with E-state index in [9.17, 15) is 24.5 Å². The fourth-order valence-corrected chi connectivity index (χ4v) is 1.93. The minimum absolute atomic E-state index is 0.0384. The van der Waals surface area contributed by atoms with Gasteiger partial charge in [0.05, 0.1) is 11.2 Å². The molecule has 1 heterocycles. The summed E-state index contributed by atoms with van der Waals surface area (Å²) in [7, 11) is 0. The van der Waals surface area contributed by atoms with Crippen molar-refractivity contribution in [3.8, 4) is 0 Å². The standard InChI is InChI=1S/C16H15N3O7/c1-10-4-5-11(7-12(10)19(23)24)18-14(20)9-26-15(21)8-17-16(22)13-3-2-6-25-13/h2-7H,8-9H2,1H3,(H,17,22)(H,18,20). The molecule has 0 aliphatic carbocycles. The molecule has 2 N–H and O–H groups in total. The first kappa shape index (κ1) is 18.6. The molecule has 0 spiro atoms. The molecule has 2 aromatic rings. The van der Waals surface area contributed by atoms with Crippen LogP contribution < -0.4 is 10.6 Å². The lowest BCUT2D eigenvalue weighted by Gasteiger charge is -2.07. The van der Waals surface area contributed by atoms with Gasteiger partial charge in [0.1, 0.15) is 6.54 Å². The van der Waals surface area contributed by atoms with Crippen molar-refractivity contribution in [1.29, 1.82) is 0 Å². The summed E-state index contributed by atoms with van der Waals surface area (Å²) in [5.74, 6) is -2.05. The van der Waals surface area contributed by atoms with E-state index in [1.165, 1.54) is 36.6 Å². The third kappa shape index (κ3) is 5.16. The minimum Gasteiger partial charge on any atom is -0.459 e. The largest absolute Gasteiger partial charge is 0.459 e. The highest BCUT2D eigenvalue weighted by Crippen LogP contribution is 2.22. The van der Waals surface area contributed by atoms with Gasteiger partial charge in [-0.2, -0.15) is 0 Å². The number of nitrogens with one attached hydrogen (secondary N) is 2. The van der Waals surface area contributed by atoms with Crippen molar-refractivity contribution in [3.63, 3.8) is 0 Å². The first-order chi connectivity index (χ1) is 12.4. The predicted molar refractivity (Wildman–Crippen MR) is 88.5 cm³/mol. The number of hydrogen-bond donors (Lipinski definition) is 2. The Balaban J connectivity index is 1.78. The van der Waals surface area contributed by atoms with E-state index in [2.05, 4.69) is 10.6 Å². The van der Waals surface area contributed by atoms with Crippen LogP contribution in [-0.4, -0.2) is 35.9 Å². The first-order valence-electron chi connectivity index (χ1n) is 7.39. The van der Waals surface area contributed by atoms with Crippen LogP contribution in [-0.2, 0) is 14.3 Å². The minimum atomic E-state index is -0.824. The molecule has 0 aliphatic rings. The molecule has 0 unspecified atom stereocenters. The van der Waals surface area contributed by atoms with Crippen molar-refractivity contribution in [3.05, 3.63) is 58.0 Å². The molecule has 10 heteroatoms. The topological polar surface area (TPSA) is 141 Å². The third-order valence-electron chi connectivity index (χ3n) is 3.19. The summed E-state index contributed by atoms with van der Waals surface area (Å²) >= 11 is 0. The molecule has 0 aliphatic heterocycles. The number of carbonyl (C=O) groups is 3. The summed E-state index contributed by atoms with van der Waals surface area (Å²) in [6.45, 7) is 0.530. The van der Waals surface area contributed by atoms with Crippen LogP contribution in [0.15, 0.2) is 41.0 Å².